The summed E-state index contributed by atoms with van der Waals surface area (Å²) in [5.74, 6) is 1.43. The highest BCUT2D eigenvalue weighted by atomic mass is 35.5. The first-order valence-corrected chi connectivity index (χ1v) is 8.23. The Balaban J connectivity index is 0.00000200. The predicted octanol–water partition coefficient (Wildman–Crippen LogP) is 3.23. The SMILES string of the molecule is CCCN(C(=O)C(C)CC1CCCC1)C1CCNC1.Cl. The summed E-state index contributed by atoms with van der Waals surface area (Å²) in [4.78, 5) is 14.9. The molecule has 1 saturated heterocycles. The van der Waals surface area contributed by atoms with Gasteiger partial charge in [0.1, 0.15) is 0 Å². The number of halogens is 1. The van der Waals surface area contributed by atoms with Crippen molar-refractivity contribution < 1.29 is 4.79 Å². The topological polar surface area (TPSA) is 32.3 Å². The predicted molar refractivity (Wildman–Crippen MR) is 86.3 cm³/mol. The maximum atomic E-state index is 12.7. The third kappa shape index (κ3) is 4.63. The fourth-order valence-corrected chi connectivity index (χ4v) is 3.75. The van der Waals surface area contributed by atoms with Gasteiger partial charge in [0.15, 0.2) is 0 Å². The van der Waals surface area contributed by atoms with Crippen molar-refractivity contribution in [3.8, 4) is 0 Å². The van der Waals surface area contributed by atoms with E-state index in [1.54, 1.807) is 0 Å². The molecule has 0 aromatic heterocycles. The zero-order valence-corrected chi connectivity index (χ0v) is 13.9. The number of nitrogens with one attached hydrogen (secondary N) is 1. The van der Waals surface area contributed by atoms with Crippen molar-refractivity contribution in [3.05, 3.63) is 0 Å². The summed E-state index contributed by atoms with van der Waals surface area (Å²) in [7, 11) is 0. The van der Waals surface area contributed by atoms with Gasteiger partial charge in [0.05, 0.1) is 0 Å². The van der Waals surface area contributed by atoms with E-state index < -0.39 is 0 Å². The average molecular weight is 303 g/mol. The summed E-state index contributed by atoms with van der Waals surface area (Å²) in [5, 5.41) is 3.38. The molecule has 1 saturated carbocycles. The second kappa shape index (κ2) is 8.89. The molecule has 2 fully saturated rings. The minimum atomic E-state index is 0. The summed E-state index contributed by atoms with van der Waals surface area (Å²) in [6, 6.07) is 0.443. The molecule has 0 radical (unpaired) electrons. The van der Waals surface area contributed by atoms with Gasteiger partial charge >= 0.3 is 0 Å². The average Bonchev–Trinajstić information content (AvgIpc) is 3.07. The van der Waals surface area contributed by atoms with Crippen LogP contribution in [0.2, 0.25) is 0 Å². The van der Waals surface area contributed by atoms with E-state index in [1.165, 1.54) is 25.7 Å². The minimum Gasteiger partial charge on any atom is -0.338 e. The Morgan fingerprint density at radius 3 is 2.55 bits per heavy atom. The summed E-state index contributed by atoms with van der Waals surface area (Å²) in [5.41, 5.74) is 0. The van der Waals surface area contributed by atoms with E-state index in [4.69, 9.17) is 0 Å². The van der Waals surface area contributed by atoms with Gasteiger partial charge in [-0.05, 0) is 31.7 Å². The molecular weight excluding hydrogens is 272 g/mol. The summed E-state index contributed by atoms with van der Waals surface area (Å²) >= 11 is 0. The molecule has 4 heteroatoms. The Bertz CT molecular complexity index is 286. The van der Waals surface area contributed by atoms with Crippen LogP contribution in [0.5, 0.6) is 0 Å². The summed E-state index contributed by atoms with van der Waals surface area (Å²) < 4.78 is 0. The Labute approximate surface area is 130 Å². The van der Waals surface area contributed by atoms with Gasteiger partial charge in [-0.3, -0.25) is 4.79 Å². The Kier molecular flexibility index (Phi) is 7.90. The number of nitrogens with zero attached hydrogens (tertiary/aromatic N) is 1. The Morgan fingerprint density at radius 2 is 2.00 bits per heavy atom. The molecule has 1 heterocycles. The third-order valence-corrected chi connectivity index (χ3v) is 4.81. The molecule has 2 rings (SSSR count). The molecule has 0 aromatic carbocycles. The molecule has 1 N–H and O–H groups in total. The van der Waals surface area contributed by atoms with Crippen molar-refractivity contribution in [3.63, 3.8) is 0 Å². The zero-order chi connectivity index (χ0) is 13.7. The minimum absolute atomic E-state index is 0. The van der Waals surface area contributed by atoms with Crippen LogP contribution in [0, 0.1) is 11.8 Å². The Hall–Kier alpha value is -0.280. The number of hydrogen-bond donors (Lipinski definition) is 1. The van der Waals surface area contributed by atoms with E-state index in [2.05, 4.69) is 24.1 Å². The van der Waals surface area contributed by atoms with Crippen LogP contribution in [-0.4, -0.2) is 36.5 Å². The van der Waals surface area contributed by atoms with Gasteiger partial charge in [0, 0.05) is 25.0 Å². The third-order valence-electron chi connectivity index (χ3n) is 4.81. The maximum absolute atomic E-state index is 12.7. The molecule has 2 unspecified atom stereocenters. The van der Waals surface area contributed by atoms with Gasteiger partial charge < -0.3 is 10.2 Å². The fourth-order valence-electron chi connectivity index (χ4n) is 3.75. The lowest BCUT2D eigenvalue weighted by Gasteiger charge is -2.31. The maximum Gasteiger partial charge on any atom is 0.225 e. The van der Waals surface area contributed by atoms with E-state index in [-0.39, 0.29) is 18.3 Å². The first-order chi connectivity index (χ1) is 9.22. The summed E-state index contributed by atoms with van der Waals surface area (Å²) in [6.45, 7) is 7.30. The molecular formula is C16H31ClN2O. The molecule has 20 heavy (non-hydrogen) atoms. The van der Waals surface area contributed by atoms with E-state index >= 15 is 0 Å². The molecule has 2 aliphatic rings. The molecule has 1 aliphatic carbocycles. The molecule has 0 bridgehead atoms. The fraction of sp³-hybridized carbons (Fsp3) is 0.938. The molecule has 1 aliphatic heterocycles. The van der Waals surface area contributed by atoms with E-state index in [0.717, 1.165) is 44.8 Å². The zero-order valence-electron chi connectivity index (χ0n) is 13.1. The highest BCUT2D eigenvalue weighted by molar-refractivity contribution is 5.85. The van der Waals surface area contributed by atoms with Crippen LogP contribution >= 0.6 is 12.4 Å². The van der Waals surface area contributed by atoms with Gasteiger partial charge in [-0.25, -0.2) is 0 Å². The van der Waals surface area contributed by atoms with Crippen LogP contribution in [-0.2, 0) is 4.79 Å². The van der Waals surface area contributed by atoms with Crippen molar-refractivity contribution >= 4 is 18.3 Å². The monoisotopic (exact) mass is 302 g/mol. The van der Waals surface area contributed by atoms with Crippen LogP contribution in [0.25, 0.3) is 0 Å². The lowest BCUT2D eigenvalue weighted by molar-refractivity contribution is -0.137. The Morgan fingerprint density at radius 1 is 1.30 bits per heavy atom. The second-order valence-electron chi connectivity index (χ2n) is 6.47. The number of hydrogen-bond acceptors (Lipinski definition) is 2. The van der Waals surface area contributed by atoms with Crippen LogP contribution in [0.4, 0.5) is 0 Å². The van der Waals surface area contributed by atoms with E-state index in [1.807, 2.05) is 0 Å². The lowest BCUT2D eigenvalue weighted by Crippen LogP contribution is -2.44. The highest BCUT2D eigenvalue weighted by Gasteiger charge is 2.30. The van der Waals surface area contributed by atoms with Crippen molar-refractivity contribution in [2.45, 2.75) is 64.8 Å². The molecule has 0 spiro atoms. The van der Waals surface area contributed by atoms with Gasteiger partial charge in [-0.15, -0.1) is 12.4 Å². The first-order valence-electron chi connectivity index (χ1n) is 8.23. The van der Waals surface area contributed by atoms with Gasteiger partial charge in [-0.1, -0.05) is 39.5 Å². The van der Waals surface area contributed by atoms with Crippen LogP contribution in [0.15, 0.2) is 0 Å². The first kappa shape index (κ1) is 17.8. The molecule has 118 valence electrons. The van der Waals surface area contributed by atoms with Crippen LogP contribution in [0.1, 0.15) is 58.8 Å². The van der Waals surface area contributed by atoms with Gasteiger partial charge in [0.2, 0.25) is 5.91 Å². The molecule has 1 amide bonds. The number of carbonyl (C=O) groups is 1. The molecule has 0 aromatic rings. The normalized spacial score (nSPS) is 24.4. The summed E-state index contributed by atoms with van der Waals surface area (Å²) in [6.07, 6.45) is 8.74. The highest BCUT2D eigenvalue weighted by Crippen LogP contribution is 2.31. The standard InChI is InChI=1S/C16H30N2O.ClH/c1-3-10-18(15-8-9-17-12-15)16(19)13(2)11-14-6-4-5-7-14;/h13-15,17H,3-12H2,1-2H3;1H. The largest absolute Gasteiger partial charge is 0.338 e. The number of amides is 1. The van der Waals surface area contributed by atoms with Crippen molar-refractivity contribution in [2.75, 3.05) is 19.6 Å². The van der Waals surface area contributed by atoms with Crippen molar-refractivity contribution in [1.29, 1.82) is 0 Å². The smallest absolute Gasteiger partial charge is 0.225 e. The lowest BCUT2D eigenvalue weighted by atomic mass is 9.93. The van der Waals surface area contributed by atoms with Crippen LogP contribution < -0.4 is 5.32 Å². The molecule has 2 atom stereocenters. The van der Waals surface area contributed by atoms with E-state index in [0.29, 0.717) is 11.9 Å². The van der Waals surface area contributed by atoms with Crippen LogP contribution in [0.3, 0.4) is 0 Å². The van der Waals surface area contributed by atoms with Gasteiger partial charge in [0.25, 0.3) is 0 Å². The quantitative estimate of drug-likeness (QED) is 0.817. The second-order valence-corrected chi connectivity index (χ2v) is 6.47. The van der Waals surface area contributed by atoms with E-state index in [9.17, 15) is 4.79 Å². The van der Waals surface area contributed by atoms with Crippen molar-refractivity contribution in [1.82, 2.24) is 10.2 Å². The molecule has 3 nitrogen and oxygen atoms in total. The van der Waals surface area contributed by atoms with Crippen molar-refractivity contribution in [2.24, 2.45) is 11.8 Å². The number of carbonyl (C=O) groups excluding carboxylic acids is 1. The number of rotatable bonds is 6. The van der Waals surface area contributed by atoms with Gasteiger partial charge in [-0.2, -0.15) is 0 Å².